The molecule has 0 spiro atoms. The maximum atomic E-state index is 14.8. The first-order valence-corrected chi connectivity index (χ1v) is 9.75. The Hall–Kier alpha value is -2.02. The van der Waals surface area contributed by atoms with Gasteiger partial charge < -0.3 is 9.47 Å². The van der Waals surface area contributed by atoms with Gasteiger partial charge in [-0.05, 0) is 49.3 Å². The molecule has 1 unspecified atom stereocenters. The van der Waals surface area contributed by atoms with E-state index < -0.39 is 11.6 Å². The molecule has 1 aromatic carbocycles. The van der Waals surface area contributed by atoms with Crippen molar-refractivity contribution in [2.45, 2.75) is 58.2 Å². The molecule has 0 radical (unpaired) electrons. The third-order valence-electron chi connectivity index (χ3n) is 5.85. The number of aryl methyl sites for hydroxylation is 1. The summed E-state index contributed by atoms with van der Waals surface area (Å²) in [6, 6.07) is -0.158. The predicted octanol–water partition coefficient (Wildman–Crippen LogP) is 2.94. The van der Waals surface area contributed by atoms with E-state index >= 15 is 0 Å². The lowest BCUT2D eigenvalue weighted by molar-refractivity contribution is -0.132. The molecule has 1 aliphatic heterocycles. The number of rotatable bonds is 4. The summed E-state index contributed by atoms with van der Waals surface area (Å²) < 4.78 is 31.3. The quantitative estimate of drug-likeness (QED) is 0.749. The molecule has 8 heteroatoms. The number of fused-ring (bicyclic) bond motifs is 2. The largest absolute Gasteiger partial charge is 0.332 e. The third kappa shape index (κ3) is 3.12. The SMILES string of the molecule is Cc1c(CN(C(=O)CCl)C2CCc3nncn3C2)c(F)c(F)c2c1CCC2. The minimum atomic E-state index is -0.832. The normalized spacial score (nSPS) is 18.3. The summed E-state index contributed by atoms with van der Waals surface area (Å²) in [7, 11) is 0. The van der Waals surface area contributed by atoms with Gasteiger partial charge in [0, 0.05) is 25.1 Å². The zero-order valence-corrected chi connectivity index (χ0v) is 15.9. The van der Waals surface area contributed by atoms with Crippen molar-refractivity contribution < 1.29 is 13.6 Å². The van der Waals surface area contributed by atoms with Crippen molar-refractivity contribution in [1.29, 1.82) is 0 Å². The highest BCUT2D eigenvalue weighted by atomic mass is 35.5. The van der Waals surface area contributed by atoms with E-state index in [1.165, 1.54) is 0 Å². The second-order valence-electron chi connectivity index (χ2n) is 7.29. The molecule has 0 fully saturated rings. The highest BCUT2D eigenvalue weighted by Gasteiger charge is 2.31. The number of hydrogen-bond donors (Lipinski definition) is 0. The van der Waals surface area contributed by atoms with Crippen LogP contribution in [0.25, 0.3) is 0 Å². The van der Waals surface area contributed by atoms with E-state index in [2.05, 4.69) is 10.2 Å². The van der Waals surface area contributed by atoms with Crippen LogP contribution in [0.5, 0.6) is 0 Å². The van der Waals surface area contributed by atoms with Gasteiger partial charge in [-0.2, -0.15) is 0 Å². The lowest BCUT2D eigenvalue weighted by atomic mass is 9.96. The number of aromatic nitrogens is 3. The van der Waals surface area contributed by atoms with Crippen LogP contribution in [0.1, 0.15) is 40.9 Å². The number of nitrogens with zero attached hydrogens (tertiary/aromatic N) is 4. The van der Waals surface area contributed by atoms with Crippen molar-refractivity contribution in [3.05, 3.63) is 46.0 Å². The lowest BCUT2D eigenvalue weighted by Crippen LogP contribution is -2.45. The van der Waals surface area contributed by atoms with E-state index in [-0.39, 0.29) is 29.9 Å². The van der Waals surface area contributed by atoms with E-state index in [1.54, 1.807) is 11.2 Å². The summed E-state index contributed by atoms with van der Waals surface area (Å²) in [5.41, 5.74) is 2.42. The molecule has 5 nitrogen and oxygen atoms in total. The molecule has 1 aromatic heterocycles. The van der Waals surface area contributed by atoms with Crippen LogP contribution in [0.2, 0.25) is 0 Å². The highest BCUT2D eigenvalue weighted by Crippen LogP contribution is 2.33. The third-order valence-corrected chi connectivity index (χ3v) is 6.08. The average Bonchev–Trinajstić information content (AvgIpc) is 3.34. The summed E-state index contributed by atoms with van der Waals surface area (Å²) in [6.45, 7) is 2.37. The van der Waals surface area contributed by atoms with Crippen LogP contribution in [0, 0.1) is 18.6 Å². The number of hydrogen-bond acceptors (Lipinski definition) is 3. The number of amides is 1. The monoisotopic (exact) mass is 394 g/mol. The Morgan fingerprint density at radius 1 is 1.30 bits per heavy atom. The van der Waals surface area contributed by atoms with Gasteiger partial charge in [0.25, 0.3) is 0 Å². The zero-order chi connectivity index (χ0) is 19.1. The molecule has 0 saturated heterocycles. The Morgan fingerprint density at radius 3 is 2.85 bits per heavy atom. The van der Waals surface area contributed by atoms with Crippen LogP contribution >= 0.6 is 11.6 Å². The number of carbonyl (C=O) groups excluding carboxylic acids is 1. The molecule has 2 heterocycles. The van der Waals surface area contributed by atoms with Crippen LogP contribution in [-0.2, 0) is 37.1 Å². The Morgan fingerprint density at radius 2 is 2.07 bits per heavy atom. The molecule has 1 atom stereocenters. The number of carbonyl (C=O) groups is 1. The molecule has 1 amide bonds. The summed E-state index contributed by atoms with van der Waals surface area (Å²) in [5, 5.41) is 7.95. The number of benzene rings is 1. The Bertz CT molecular complexity index is 898. The summed E-state index contributed by atoms with van der Waals surface area (Å²) in [4.78, 5) is 14.1. The van der Waals surface area contributed by atoms with E-state index in [0.717, 1.165) is 29.8 Å². The molecule has 0 saturated carbocycles. The molecule has 144 valence electrons. The average molecular weight is 395 g/mol. The first-order chi connectivity index (χ1) is 13.0. The fourth-order valence-corrected chi connectivity index (χ4v) is 4.51. The second kappa shape index (κ2) is 7.19. The number of alkyl halides is 1. The minimum absolute atomic E-state index is 0.0234. The summed E-state index contributed by atoms with van der Waals surface area (Å²) in [6.07, 6.45) is 5.15. The van der Waals surface area contributed by atoms with Gasteiger partial charge in [0.1, 0.15) is 18.0 Å². The van der Waals surface area contributed by atoms with Crippen molar-refractivity contribution in [3.8, 4) is 0 Å². The van der Waals surface area contributed by atoms with E-state index in [1.807, 2.05) is 11.5 Å². The Kier molecular flexibility index (Phi) is 4.88. The topological polar surface area (TPSA) is 51.0 Å². The molecular formula is C19H21ClF2N4O. The zero-order valence-electron chi connectivity index (χ0n) is 15.1. The molecule has 0 bridgehead atoms. The van der Waals surface area contributed by atoms with Crippen LogP contribution in [0.4, 0.5) is 8.78 Å². The van der Waals surface area contributed by atoms with Gasteiger partial charge in [0.2, 0.25) is 5.91 Å². The maximum Gasteiger partial charge on any atom is 0.238 e. The van der Waals surface area contributed by atoms with E-state index in [0.29, 0.717) is 31.4 Å². The molecule has 1 aliphatic carbocycles. The molecule has 2 aromatic rings. The fraction of sp³-hybridized carbons (Fsp3) is 0.526. The smallest absolute Gasteiger partial charge is 0.238 e. The van der Waals surface area contributed by atoms with Gasteiger partial charge in [-0.25, -0.2) is 8.78 Å². The second-order valence-corrected chi connectivity index (χ2v) is 7.56. The van der Waals surface area contributed by atoms with Crippen molar-refractivity contribution in [1.82, 2.24) is 19.7 Å². The van der Waals surface area contributed by atoms with Gasteiger partial charge in [-0.3, -0.25) is 4.79 Å². The van der Waals surface area contributed by atoms with E-state index in [9.17, 15) is 13.6 Å². The van der Waals surface area contributed by atoms with Gasteiger partial charge in [0.05, 0.1) is 6.04 Å². The van der Waals surface area contributed by atoms with Crippen molar-refractivity contribution in [2.24, 2.45) is 0 Å². The minimum Gasteiger partial charge on any atom is -0.332 e. The Balaban J connectivity index is 1.68. The van der Waals surface area contributed by atoms with Gasteiger partial charge >= 0.3 is 0 Å². The standard InChI is InChI=1S/C19H21ClF2N4O/c1-11-13-3-2-4-14(13)18(21)19(22)15(11)9-26(17(27)7-20)12-5-6-16-24-23-10-25(16)8-12/h10,12H,2-9H2,1H3. The van der Waals surface area contributed by atoms with Gasteiger partial charge in [-0.15, -0.1) is 21.8 Å². The lowest BCUT2D eigenvalue weighted by Gasteiger charge is -2.35. The van der Waals surface area contributed by atoms with Crippen LogP contribution in [0.15, 0.2) is 6.33 Å². The fourth-order valence-electron chi connectivity index (χ4n) is 4.36. The van der Waals surface area contributed by atoms with Crippen molar-refractivity contribution in [3.63, 3.8) is 0 Å². The summed E-state index contributed by atoms with van der Waals surface area (Å²) in [5.74, 6) is -1.19. The van der Waals surface area contributed by atoms with Gasteiger partial charge in [0.15, 0.2) is 11.6 Å². The molecule has 0 N–H and O–H groups in total. The first kappa shape index (κ1) is 18.3. The number of halogens is 3. The maximum absolute atomic E-state index is 14.8. The van der Waals surface area contributed by atoms with Crippen molar-refractivity contribution in [2.75, 3.05) is 5.88 Å². The molecule has 2 aliphatic rings. The van der Waals surface area contributed by atoms with Crippen LogP contribution in [-0.4, -0.2) is 37.5 Å². The molecular weight excluding hydrogens is 374 g/mol. The highest BCUT2D eigenvalue weighted by molar-refractivity contribution is 6.27. The van der Waals surface area contributed by atoms with Crippen molar-refractivity contribution >= 4 is 17.5 Å². The molecule has 27 heavy (non-hydrogen) atoms. The first-order valence-electron chi connectivity index (χ1n) is 9.21. The van der Waals surface area contributed by atoms with Crippen LogP contribution in [0.3, 0.4) is 0 Å². The molecule has 4 rings (SSSR count). The van der Waals surface area contributed by atoms with E-state index in [4.69, 9.17) is 11.6 Å². The Labute approximate surface area is 161 Å². The van der Waals surface area contributed by atoms with Gasteiger partial charge in [-0.1, -0.05) is 0 Å². The predicted molar refractivity (Wildman–Crippen MR) is 96.5 cm³/mol. The van der Waals surface area contributed by atoms with Crippen LogP contribution < -0.4 is 0 Å². The summed E-state index contributed by atoms with van der Waals surface area (Å²) >= 11 is 5.83.